The van der Waals surface area contributed by atoms with Crippen LogP contribution in [0, 0.1) is 0 Å². The van der Waals surface area contributed by atoms with Gasteiger partial charge in [0, 0.05) is 5.57 Å². The lowest BCUT2D eigenvalue weighted by Crippen LogP contribution is -2.13. The number of carbonyl (C=O) groups excluding carboxylic acids is 1. The molecule has 1 aliphatic rings. The number of rotatable bonds is 3. The summed E-state index contributed by atoms with van der Waals surface area (Å²) >= 11 is 6.08. The van der Waals surface area contributed by atoms with Crippen LogP contribution in [-0.4, -0.2) is 17.1 Å². The van der Waals surface area contributed by atoms with Gasteiger partial charge in [0.1, 0.15) is 6.26 Å². The molecule has 0 unspecified atom stereocenters. The van der Waals surface area contributed by atoms with Crippen LogP contribution < -0.4 is 16.5 Å². The minimum Gasteiger partial charge on any atom is -0.431 e. The average Bonchev–Trinajstić information content (AvgIpc) is 3.12. The van der Waals surface area contributed by atoms with Crippen LogP contribution in [0.4, 0.5) is 11.7 Å². The Kier molecular flexibility index (Phi) is 3.33. The topological polar surface area (TPSA) is 108 Å². The van der Waals surface area contributed by atoms with Gasteiger partial charge in [0.05, 0.1) is 23.1 Å². The number of hydrogen-bond acceptors (Lipinski definition) is 5. The highest BCUT2D eigenvalue weighted by Crippen LogP contribution is 2.27. The third-order valence-electron chi connectivity index (χ3n) is 2.76. The second-order valence-corrected chi connectivity index (χ2v) is 4.57. The van der Waals surface area contributed by atoms with E-state index < -0.39 is 5.91 Å². The van der Waals surface area contributed by atoms with Crippen LogP contribution in [0.5, 0.6) is 0 Å². The molecule has 0 saturated carbocycles. The highest BCUT2D eigenvalue weighted by Gasteiger charge is 2.14. The molecule has 0 saturated heterocycles. The molecule has 3 N–H and O–H groups in total. The van der Waals surface area contributed by atoms with Crippen molar-refractivity contribution in [3.63, 3.8) is 0 Å². The second-order valence-electron chi connectivity index (χ2n) is 4.16. The van der Waals surface area contributed by atoms with E-state index in [2.05, 4.69) is 20.8 Å². The van der Waals surface area contributed by atoms with Gasteiger partial charge in [-0.2, -0.15) is 15.5 Å². The Morgan fingerprint density at radius 2 is 2.24 bits per heavy atom. The van der Waals surface area contributed by atoms with Gasteiger partial charge in [0.2, 0.25) is 0 Å². The number of benzene rings is 1. The molecule has 0 bridgehead atoms. The molecular formula is C13H9ClN5O2. The van der Waals surface area contributed by atoms with Gasteiger partial charge in [-0.3, -0.25) is 4.79 Å². The van der Waals surface area contributed by atoms with E-state index in [1.807, 2.05) is 6.07 Å². The molecule has 2 aromatic rings. The van der Waals surface area contributed by atoms with E-state index in [9.17, 15) is 4.79 Å². The van der Waals surface area contributed by atoms with Gasteiger partial charge >= 0.3 is 0 Å². The van der Waals surface area contributed by atoms with Crippen molar-refractivity contribution >= 4 is 41.0 Å². The maximum atomic E-state index is 12.0. The zero-order valence-corrected chi connectivity index (χ0v) is 11.3. The highest BCUT2D eigenvalue weighted by atomic mass is 35.5. The summed E-state index contributed by atoms with van der Waals surface area (Å²) in [5.74, 6) is -0.465. The summed E-state index contributed by atoms with van der Waals surface area (Å²) in [6.07, 6.45) is 4.41. The number of nitrogens with one attached hydrogen (secondary N) is 1. The van der Waals surface area contributed by atoms with Gasteiger partial charge in [0.25, 0.3) is 11.9 Å². The fourth-order valence-corrected chi connectivity index (χ4v) is 1.92. The predicted octanol–water partition coefficient (Wildman–Crippen LogP) is 2.11. The summed E-state index contributed by atoms with van der Waals surface area (Å²) < 4.78 is 4.79. The molecule has 21 heavy (non-hydrogen) atoms. The molecule has 0 fully saturated rings. The number of halogens is 1. The lowest BCUT2D eigenvalue weighted by molar-refractivity contribution is 0.102. The molecule has 1 aliphatic heterocycles. The van der Waals surface area contributed by atoms with E-state index in [0.29, 0.717) is 10.7 Å². The fourth-order valence-electron chi connectivity index (χ4n) is 1.75. The van der Waals surface area contributed by atoms with Crippen LogP contribution in [0.1, 0.15) is 16.1 Å². The number of nitrogens with zero attached hydrogens (tertiary/aromatic N) is 3. The number of anilines is 2. The van der Waals surface area contributed by atoms with E-state index in [1.165, 1.54) is 6.26 Å². The van der Waals surface area contributed by atoms with Crippen LogP contribution in [0.15, 0.2) is 40.2 Å². The monoisotopic (exact) mass is 302 g/mol. The molecular weight excluding hydrogens is 294 g/mol. The first-order chi connectivity index (χ1) is 10.1. The van der Waals surface area contributed by atoms with Gasteiger partial charge in [-0.15, -0.1) is 0 Å². The maximum absolute atomic E-state index is 12.0. The number of carbonyl (C=O) groups is 1. The minimum absolute atomic E-state index is 0.0746. The zero-order chi connectivity index (χ0) is 14.8. The van der Waals surface area contributed by atoms with Crippen molar-refractivity contribution in [1.82, 2.24) is 10.4 Å². The zero-order valence-electron chi connectivity index (χ0n) is 10.6. The van der Waals surface area contributed by atoms with Crippen LogP contribution in [-0.2, 0) is 0 Å². The quantitative estimate of drug-likeness (QED) is 0.905. The van der Waals surface area contributed by atoms with E-state index in [-0.39, 0.29) is 11.7 Å². The summed E-state index contributed by atoms with van der Waals surface area (Å²) in [6, 6.07) is 5.14. The second kappa shape index (κ2) is 5.29. The Morgan fingerprint density at radius 3 is 2.90 bits per heavy atom. The maximum Gasteiger partial charge on any atom is 0.292 e. The Balaban J connectivity index is 1.86. The Morgan fingerprint density at radius 1 is 1.38 bits per heavy atom. The molecule has 8 heteroatoms. The van der Waals surface area contributed by atoms with Crippen LogP contribution in [0.2, 0.25) is 5.02 Å². The molecule has 0 atom stereocenters. The van der Waals surface area contributed by atoms with Crippen molar-refractivity contribution < 1.29 is 9.21 Å². The third-order valence-corrected chi connectivity index (χ3v) is 3.09. The van der Waals surface area contributed by atoms with E-state index in [0.717, 1.165) is 11.1 Å². The molecule has 1 radical (unpaired) electrons. The first-order valence-corrected chi connectivity index (χ1v) is 6.27. The number of nitrogens with two attached hydrogens (primary N) is 1. The molecule has 0 spiro atoms. The molecule has 1 aromatic heterocycles. The molecule has 1 amide bonds. The van der Waals surface area contributed by atoms with Gasteiger partial charge in [0.15, 0.2) is 5.69 Å². The Bertz CT molecular complexity index is 766. The lowest BCUT2D eigenvalue weighted by Gasteiger charge is -2.08. The summed E-state index contributed by atoms with van der Waals surface area (Å²) in [5.41, 5.74) is 11.3. The number of amides is 1. The summed E-state index contributed by atoms with van der Waals surface area (Å²) in [6.45, 7) is 0. The number of oxazole rings is 1. The summed E-state index contributed by atoms with van der Waals surface area (Å²) in [7, 11) is 0. The van der Waals surface area contributed by atoms with Crippen molar-refractivity contribution in [1.29, 1.82) is 0 Å². The average molecular weight is 303 g/mol. The molecule has 2 heterocycles. The molecule has 1 aromatic carbocycles. The predicted molar refractivity (Wildman–Crippen MR) is 78.9 cm³/mol. The Hall–Kier alpha value is -2.80. The number of aromatic nitrogens is 1. The largest absolute Gasteiger partial charge is 0.431 e. The van der Waals surface area contributed by atoms with Crippen LogP contribution in [0.25, 0.3) is 5.57 Å². The molecule has 7 nitrogen and oxygen atoms in total. The van der Waals surface area contributed by atoms with Gasteiger partial charge in [-0.25, -0.2) is 0 Å². The van der Waals surface area contributed by atoms with E-state index in [1.54, 1.807) is 24.5 Å². The number of allylic oxidation sites excluding steroid dienone is 1. The number of nitrogen functional groups attached to an aromatic ring is 1. The third kappa shape index (κ3) is 2.72. The van der Waals surface area contributed by atoms with Crippen molar-refractivity contribution in [2.75, 3.05) is 11.1 Å². The van der Waals surface area contributed by atoms with Gasteiger partial charge in [-0.1, -0.05) is 17.7 Å². The molecule has 105 valence electrons. The van der Waals surface area contributed by atoms with E-state index >= 15 is 0 Å². The summed E-state index contributed by atoms with van der Waals surface area (Å²) in [5, 5.41) is 6.81. The van der Waals surface area contributed by atoms with Crippen LogP contribution >= 0.6 is 11.6 Å². The standard InChI is InChI=1S/C13H9ClN5O2/c14-9-2-1-7(8-4-16-17-5-8)3-10(9)18-12(20)11-6-21-13(15)19-11/h1-6H,(H2,15,19)(H,18,20). The number of hydrogen-bond donors (Lipinski definition) is 2. The smallest absolute Gasteiger partial charge is 0.292 e. The van der Waals surface area contributed by atoms with Crippen molar-refractivity contribution in [2.24, 2.45) is 5.10 Å². The van der Waals surface area contributed by atoms with Crippen molar-refractivity contribution in [3.05, 3.63) is 46.9 Å². The lowest BCUT2D eigenvalue weighted by atomic mass is 10.1. The van der Waals surface area contributed by atoms with Gasteiger partial charge in [-0.05, 0) is 17.7 Å². The van der Waals surface area contributed by atoms with Crippen molar-refractivity contribution in [3.8, 4) is 0 Å². The Labute approximate surface area is 124 Å². The van der Waals surface area contributed by atoms with Crippen molar-refractivity contribution in [2.45, 2.75) is 0 Å². The van der Waals surface area contributed by atoms with Crippen LogP contribution in [0.3, 0.4) is 0 Å². The molecule has 0 aliphatic carbocycles. The highest BCUT2D eigenvalue weighted by molar-refractivity contribution is 6.34. The fraction of sp³-hybridized carbons (Fsp3) is 0. The summed E-state index contributed by atoms with van der Waals surface area (Å²) in [4.78, 5) is 15.7. The minimum atomic E-state index is -0.465. The normalized spacial score (nSPS) is 12.9. The molecule has 3 rings (SSSR count). The SMILES string of the molecule is Nc1nc(C(=O)Nc2cc(C3=C[N]N=C3)ccc2Cl)co1. The first-order valence-electron chi connectivity index (χ1n) is 5.89. The van der Waals surface area contributed by atoms with E-state index in [4.69, 9.17) is 21.8 Å². The first kappa shape index (κ1) is 13.2. The van der Waals surface area contributed by atoms with Gasteiger partial charge < -0.3 is 15.5 Å².